The molecule has 0 aromatic heterocycles. The molecule has 0 fully saturated rings. The maximum absolute atomic E-state index is 13.4. The van der Waals surface area contributed by atoms with Gasteiger partial charge in [0.2, 0.25) is 5.91 Å². The Kier molecular flexibility index (Phi) is 13.9. The van der Waals surface area contributed by atoms with Gasteiger partial charge in [-0.25, -0.2) is 0 Å². The van der Waals surface area contributed by atoms with Crippen molar-refractivity contribution >= 4 is 11.8 Å². The van der Waals surface area contributed by atoms with Gasteiger partial charge in [-0.15, -0.1) is 0 Å². The van der Waals surface area contributed by atoms with Crippen molar-refractivity contribution < 1.29 is 19.1 Å². The minimum Gasteiger partial charge on any atom is -0.497 e. The highest BCUT2D eigenvalue weighted by atomic mass is 16.5. The molecule has 214 valence electrons. The van der Waals surface area contributed by atoms with E-state index in [1.54, 1.807) is 7.11 Å². The van der Waals surface area contributed by atoms with Crippen LogP contribution in [-0.2, 0) is 22.5 Å². The van der Waals surface area contributed by atoms with Gasteiger partial charge in [0.1, 0.15) is 5.75 Å². The summed E-state index contributed by atoms with van der Waals surface area (Å²) in [4.78, 5) is 27.1. The highest BCUT2D eigenvalue weighted by molar-refractivity contribution is 5.94. The standard InChI is InChI=1S/C33H48N2O4/c1-3-4-22-34-32(36)17-11-9-7-5-6-8-10-14-23-39-26-30-24-28-15-12-13-16-29(28)25-35(30)33(37)27-18-20-31(38-2)21-19-27/h12-13,15-16,18-21,30H,3-11,14,17,22-26H2,1-2H3,(H,34,36)/t30-/m0/s1. The molecule has 0 saturated heterocycles. The van der Waals surface area contributed by atoms with Crippen molar-refractivity contribution in [3.8, 4) is 5.75 Å². The lowest BCUT2D eigenvalue weighted by Crippen LogP contribution is -2.46. The molecule has 6 heteroatoms. The number of nitrogens with one attached hydrogen (secondary N) is 1. The van der Waals surface area contributed by atoms with Crippen LogP contribution in [0.4, 0.5) is 0 Å². The fraction of sp³-hybridized carbons (Fsp3) is 0.576. The Balaban J connectivity index is 1.31. The van der Waals surface area contributed by atoms with Crippen LogP contribution in [0.1, 0.15) is 99.0 Å². The molecule has 1 heterocycles. The number of ether oxygens (including phenoxy) is 2. The summed E-state index contributed by atoms with van der Waals surface area (Å²) in [5.74, 6) is 0.990. The predicted octanol–water partition coefficient (Wildman–Crippen LogP) is 6.71. The van der Waals surface area contributed by atoms with Gasteiger partial charge in [0.05, 0.1) is 19.8 Å². The maximum atomic E-state index is 13.4. The number of rotatable bonds is 18. The maximum Gasteiger partial charge on any atom is 0.254 e. The molecule has 2 aromatic carbocycles. The van der Waals surface area contributed by atoms with E-state index >= 15 is 0 Å². The fourth-order valence-corrected chi connectivity index (χ4v) is 5.14. The minimum atomic E-state index is 0.0308. The fourth-order valence-electron chi connectivity index (χ4n) is 5.14. The van der Waals surface area contributed by atoms with E-state index in [0.717, 1.165) is 57.4 Å². The Morgan fingerprint density at radius 1 is 0.872 bits per heavy atom. The van der Waals surface area contributed by atoms with Crippen LogP contribution in [0.5, 0.6) is 5.75 Å². The number of methoxy groups -OCH3 is 1. The zero-order valence-electron chi connectivity index (χ0n) is 24.1. The summed E-state index contributed by atoms with van der Waals surface area (Å²) < 4.78 is 11.4. The number of hydrogen-bond donors (Lipinski definition) is 1. The van der Waals surface area contributed by atoms with Crippen molar-refractivity contribution in [3.63, 3.8) is 0 Å². The second kappa shape index (κ2) is 17.7. The summed E-state index contributed by atoms with van der Waals surface area (Å²) in [6, 6.07) is 15.8. The number of unbranched alkanes of at least 4 members (excludes halogenated alkanes) is 8. The van der Waals surface area contributed by atoms with Crippen LogP contribution in [0.25, 0.3) is 0 Å². The van der Waals surface area contributed by atoms with Crippen molar-refractivity contribution in [2.45, 2.75) is 96.6 Å². The van der Waals surface area contributed by atoms with E-state index in [1.807, 2.05) is 35.2 Å². The lowest BCUT2D eigenvalue weighted by atomic mass is 9.93. The molecule has 0 saturated carbocycles. The lowest BCUT2D eigenvalue weighted by Gasteiger charge is -2.37. The number of carbonyl (C=O) groups is 2. The minimum absolute atomic E-state index is 0.0308. The Labute approximate surface area is 235 Å². The van der Waals surface area contributed by atoms with Crippen molar-refractivity contribution in [1.29, 1.82) is 0 Å². The van der Waals surface area contributed by atoms with Crippen LogP contribution in [0, 0.1) is 0 Å². The van der Waals surface area contributed by atoms with E-state index in [4.69, 9.17) is 9.47 Å². The molecular formula is C33H48N2O4. The first-order chi connectivity index (χ1) is 19.1. The molecule has 3 rings (SSSR count). The second-order valence-electron chi connectivity index (χ2n) is 10.6. The highest BCUT2D eigenvalue weighted by Crippen LogP contribution is 2.26. The van der Waals surface area contributed by atoms with E-state index in [1.165, 1.54) is 43.2 Å². The summed E-state index contributed by atoms with van der Waals surface area (Å²) in [5.41, 5.74) is 3.20. The molecule has 2 amide bonds. The third kappa shape index (κ3) is 10.7. The van der Waals surface area contributed by atoms with Gasteiger partial charge >= 0.3 is 0 Å². The lowest BCUT2D eigenvalue weighted by molar-refractivity contribution is -0.121. The Hall–Kier alpha value is -2.86. The summed E-state index contributed by atoms with van der Waals surface area (Å²) in [6.07, 6.45) is 12.9. The van der Waals surface area contributed by atoms with Gasteiger partial charge in [-0.05, 0) is 61.1 Å². The quantitative estimate of drug-likeness (QED) is 0.215. The van der Waals surface area contributed by atoms with Crippen LogP contribution in [0.2, 0.25) is 0 Å². The number of fused-ring (bicyclic) bond motifs is 1. The summed E-state index contributed by atoms with van der Waals surface area (Å²) in [7, 11) is 1.63. The number of carbonyl (C=O) groups excluding carboxylic acids is 2. The topological polar surface area (TPSA) is 67.9 Å². The molecule has 6 nitrogen and oxygen atoms in total. The first kappa shape index (κ1) is 30.7. The molecule has 0 spiro atoms. The molecule has 1 N–H and O–H groups in total. The Morgan fingerprint density at radius 3 is 2.23 bits per heavy atom. The van der Waals surface area contributed by atoms with Crippen molar-refractivity contribution in [2.24, 2.45) is 0 Å². The van der Waals surface area contributed by atoms with Crippen LogP contribution in [-0.4, -0.2) is 49.6 Å². The molecule has 2 aromatic rings. The zero-order valence-corrected chi connectivity index (χ0v) is 24.1. The second-order valence-corrected chi connectivity index (χ2v) is 10.6. The average Bonchev–Trinajstić information content (AvgIpc) is 2.97. The van der Waals surface area contributed by atoms with Crippen molar-refractivity contribution in [3.05, 3.63) is 65.2 Å². The van der Waals surface area contributed by atoms with E-state index < -0.39 is 0 Å². The smallest absolute Gasteiger partial charge is 0.254 e. The molecule has 1 aliphatic heterocycles. The average molecular weight is 537 g/mol. The van der Waals surface area contributed by atoms with Crippen LogP contribution < -0.4 is 10.1 Å². The van der Waals surface area contributed by atoms with Gasteiger partial charge in [0.25, 0.3) is 5.91 Å². The largest absolute Gasteiger partial charge is 0.497 e. The molecule has 39 heavy (non-hydrogen) atoms. The third-order valence-electron chi connectivity index (χ3n) is 7.56. The normalized spacial score (nSPS) is 14.6. The van der Waals surface area contributed by atoms with Gasteiger partial charge < -0.3 is 19.7 Å². The van der Waals surface area contributed by atoms with E-state index in [0.29, 0.717) is 25.1 Å². The SMILES string of the molecule is CCCCNC(=O)CCCCCCCCCCOC[C@@H]1Cc2ccccc2CN1C(=O)c1ccc(OC)cc1. The van der Waals surface area contributed by atoms with Crippen molar-refractivity contribution in [2.75, 3.05) is 26.9 Å². The van der Waals surface area contributed by atoms with Gasteiger partial charge in [0, 0.05) is 31.7 Å². The highest BCUT2D eigenvalue weighted by Gasteiger charge is 2.30. The first-order valence-electron chi connectivity index (χ1n) is 15.0. The molecule has 0 bridgehead atoms. The predicted molar refractivity (Wildman–Crippen MR) is 157 cm³/mol. The monoisotopic (exact) mass is 536 g/mol. The third-order valence-corrected chi connectivity index (χ3v) is 7.56. The zero-order chi connectivity index (χ0) is 27.7. The molecule has 0 unspecified atom stereocenters. The van der Waals surface area contributed by atoms with Crippen molar-refractivity contribution in [1.82, 2.24) is 10.2 Å². The first-order valence-corrected chi connectivity index (χ1v) is 15.0. The number of nitrogens with zero attached hydrogens (tertiary/aromatic N) is 1. The van der Waals surface area contributed by atoms with Gasteiger partial charge in [-0.2, -0.15) is 0 Å². The van der Waals surface area contributed by atoms with Crippen LogP contribution >= 0.6 is 0 Å². The molecule has 1 aliphatic rings. The molecular weight excluding hydrogens is 488 g/mol. The van der Waals surface area contributed by atoms with Gasteiger partial charge in [-0.3, -0.25) is 9.59 Å². The Morgan fingerprint density at radius 2 is 1.54 bits per heavy atom. The van der Waals surface area contributed by atoms with Gasteiger partial charge in [-0.1, -0.05) is 76.1 Å². The van der Waals surface area contributed by atoms with Crippen LogP contribution in [0.3, 0.4) is 0 Å². The van der Waals surface area contributed by atoms with Gasteiger partial charge in [0.15, 0.2) is 0 Å². The summed E-state index contributed by atoms with van der Waals surface area (Å²) >= 11 is 0. The molecule has 0 radical (unpaired) electrons. The molecule has 0 aliphatic carbocycles. The number of hydrogen-bond acceptors (Lipinski definition) is 4. The summed E-state index contributed by atoms with van der Waals surface area (Å²) in [6.45, 7) is 4.85. The summed E-state index contributed by atoms with van der Waals surface area (Å²) in [5, 5.41) is 2.99. The van der Waals surface area contributed by atoms with E-state index in [2.05, 4.69) is 30.4 Å². The number of amides is 2. The van der Waals surface area contributed by atoms with Crippen LogP contribution in [0.15, 0.2) is 48.5 Å². The van der Waals surface area contributed by atoms with E-state index in [9.17, 15) is 9.59 Å². The van der Waals surface area contributed by atoms with E-state index in [-0.39, 0.29) is 17.9 Å². The Bertz CT molecular complexity index is 991. The number of benzene rings is 2. The molecule has 1 atom stereocenters.